The zero-order valence-corrected chi connectivity index (χ0v) is 8.50. The summed E-state index contributed by atoms with van der Waals surface area (Å²) in [6.07, 6.45) is 1.84. The Balaban J connectivity index is 2.92. The molecule has 1 aromatic rings. The summed E-state index contributed by atoms with van der Waals surface area (Å²) < 4.78 is 0. The quantitative estimate of drug-likeness (QED) is 0.641. The van der Waals surface area contributed by atoms with Crippen LogP contribution in [0.15, 0.2) is 6.20 Å². The molecule has 0 unspecified atom stereocenters. The van der Waals surface area contributed by atoms with Crippen molar-refractivity contribution in [2.45, 2.75) is 46.1 Å². The molecule has 12 heavy (non-hydrogen) atoms. The SMILES string of the molecule is CC(C)c1cnn(C(C)(C)C)n1. The molecule has 0 fully saturated rings. The smallest absolute Gasteiger partial charge is 0.0852 e. The first kappa shape index (κ1) is 9.23. The van der Waals surface area contributed by atoms with Crippen molar-refractivity contribution in [2.75, 3.05) is 0 Å². The summed E-state index contributed by atoms with van der Waals surface area (Å²) in [4.78, 5) is 1.77. The molecule has 0 amide bonds. The van der Waals surface area contributed by atoms with Gasteiger partial charge in [0.25, 0.3) is 0 Å². The van der Waals surface area contributed by atoms with Crippen LogP contribution in [-0.2, 0) is 5.54 Å². The number of rotatable bonds is 1. The van der Waals surface area contributed by atoms with Crippen molar-refractivity contribution in [2.24, 2.45) is 0 Å². The van der Waals surface area contributed by atoms with Crippen LogP contribution in [0.2, 0.25) is 0 Å². The third kappa shape index (κ3) is 1.84. The molecule has 0 saturated carbocycles. The normalized spacial score (nSPS) is 12.5. The van der Waals surface area contributed by atoms with Crippen LogP contribution in [0.4, 0.5) is 0 Å². The van der Waals surface area contributed by atoms with Gasteiger partial charge in [-0.1, -0.05) is 13.8 Å². The molecule has 0 N–H and O–H groups in total. The number of hydrogen-bond donors (Lipinski definition) is 0. The molecule has 0 radical (unpaired) electrons. The molecule has 0 aromatic carbocycles. The molecule has 0 saturated heterocycles. The number of nitrogens with zero attached hydrogens (tertiary/aromatic N) is 3. The molecule has 1 aromatic heterocycles. The van der Waals surface area contributed by atoms with Crippen LogP contribution in [0.3, 0.4) is 0 Å². The molecule has 0 aliphatic rings. The van der Waals surface area contributed by atoms with E-state index in [1.54, 1.807) is 4.80 Å². The van der Waals surface area contributed by atoms with Crippen LogP contribution >= 0.6 is 0 Å². The van der Waals surface area contributed by atoms with Crippen molar-refractivity contribution in [3.63, 3.8) is 0 Å². The highest BCUT2D eigenvalue weighted by Crippen LogP contribution is 2.14. The minimum Gasteiger partial charge on any atom is -0.179 e. The Morgan fingerprint density at radius 1 is 1.33 bits per heavy atom. The molecular weight excluding hydrogens is 150 g/mol. The second kappa shape index (κ2) is 2.88. The van der Waals surface area contributed by atoms with E-state index in [1.807, 2.05) is 6.20 Å². The number of aromatic nitrogens is 3. The minimum atomic E-state index is -0.00681. The second-order valence-electron chi connectivity index (χ2n) is 4.38. The molecule has 0 aliphatic heterocycles. The summed E-state index contributed by atoms with van der Waals surface area (Å²) >= 11 is 0. The largest absolute Gasteiger partial charge is 0.179 e. The Morgan fingerprint density at radius 3 is 2.17 bits per heavy atom. The maximum absolute atomic E-state index is 4.39. The summed E-state index contributed by atoms with van der Waals surface area (Å²) in [5, 5.41) is 8.60. The van der Waals surface area contributed by atoms with Crippen molar-refractivity contribution >= 4 is 0 Å². The predicted molar refractivity (Wildman–Crippen MR) is 49.1 cm³/mol. The van der Waals surface area contributed by atoms with Crippen LogP contribution in [0, 0.1) is 0 Å². The summed E-state index contributed by atoms with van der Waals surface area (Å²) in [6.45, 7) is 10.5. The lowest BCUT2D eigenvalue weighted by Crippen LogP contribution is -2.24. The van der Waals surface area contributed by atoms with Crippen molar-refractivity contribution in [1.29, 1.82) is 0 Å². The zero-order chi connectivity index (χ0) is 9.35. The van der Waals surface area contributed by atoms with E-state index in [0.29, 0.717) is 5.92 Å². The Labute approximate surface area is 73.8 Å². The Bertz CT molecular complexity index is 255. The van der Waals surface area contributed by atoms with Gasteiger partial charge in [0.2, 0.25) is 0 Å². The van der Waals surface area contributed by atoms with Gasteiger partial charge in [-0.25, -0.2) is 0 Å². The van der Waals surface area contributed by atoms with Crippen molar-refractivity contribution in [1.82, 2.24) is 15.0 Å². The fourth-order valence-electron chi connectivity index (χ4n) is 0.863. The molecule has 0 bridgehead atoms. The predicted octanol–water partition coefficient (Wildman–Crippen LogP) is 2.16. The van der Waals surface area contributed by atoms with Gasteiger partial charge < -0.3 is 0 Å². The summed E-state index contributed by atoms with van der Waals surface area (Å²) in [5.74, 6) is 0.459. The molecule has 0 spiro atoms. The van der Waals surface area contributed by atoms with Crippen LogP contribution in [0.25, 0.3) is 0 Å². The first-order chi connectivity index (χ1) is 5.41. The highest BCUT2D eigenvalue weighted by Gasteiger charge is 2.16. The van der Waals surface area contributed by atoms with Gasteiger partial charge in [-0.05, 0) is 26.7 Å². The lowest BCUT2D eigenvalue weighted by molar-refractivity contribution is 0.310. The third-order valence-electron chi connectivity index (χ3n) is 1.70. The van der Waals surface area contributed by atoms with Gasteiger partial charge in [0, 0.05) is 0 Å². The fraction of sp³-hybridized carbons (Fsp3) is 0.778. The van der Waals surface area contributed by atoms with Crippen molar-refractivity contribution < 1.29 is 0 Å². The third-order valence-corrected chi connectivity index (χ3v) is 1.70. The van der Waals surface area contributed by atoms with Gasteiger partial charge in [0.15, 0.2) is 0 Å². The number of hydrogen-bond acceptors (Lipinski definition) is 2. The average Bonchev–Trinajstić information content (AvgIpc) is 2.30. The van der Waals surface area contributed by atoms with E-state index in [0.717, 1.165) is 5.69 Å². The van der Waals surface area contributed by atoms with Crippen LogP contribution < -0.4 is 0 Å². The van der Waals surface area contributed by atoms with E-state index in [2.05, 4.69) is 44.8 Å². The monoisotopic (exact) mass is 167 g/mol. The van der Waals surface area contributed by atoms with Gasteiger partial charge in [-0.15, -0.1) is 0 Å². The van der Waals surface area contributed by atoms with Gasteiger partial charge in [-0.3, -0.25) is 0 Å². The van der Waals surface area contributed by atoms with E-state index in [9.17, 15) is 0 Å². The van der Waals surface area contributed by atoms with Crippen molar-refractivity contribution in [3.8, 4) is 0 Å². The van der Waals surface area contributed by atoms with Gasteiger partial charge >= 0.3 is 0 Å². The van der Waals surface area contributed by atoms with Gasteiger partial charge in [0.1, 0.15) is 0 Å². The van der Waals surface area contributed by atoms with E-state index in [4.69, 9.17) is 0 Å². The molecule has 68 valence electrons. The van der Waals surface area contributed by atoms with Crippen LogP contribution in [0.1, 0.15) is 46.2 Å². The van der Waals surface area contributed by atoms with Gasteiger partial charge in [0.05, 0.1) is 17.4 Å². The Morgan fingerprint density at radius 2 is 1.92 bits per heavy atom. The molecule has 0 atom stereocenters. The van der Waals surface area contributed by atoms with E-state index in [-0.39, 0.29) is 5.54 Å². The molecule has 0 aliphatic carbocycles. The van der Waals surface area contributed by atoms with Crippen LogP contribution in [-0.4, -0.2) is 15.0 Å². The van der Waals surface area contributed by atoms with E-state index >= 15 is 0 Å². The van der Waals surface area contributed by atoms with Crippen molar-refractivity contribution in [3.05, 3.63) is 11.9 Å². The zero-order valence-electron chi connectivity index (χ0n) is 8.50. The molecule has 3 nitrogen and oxygen atoms in total. The summed E-state index contributed by atoms with van der Waals surface area (Å²) in [5.41, 5.74) is 1.05. The Kier molecular flexibility index (Phi) is 2.22. The van der Waals surface area contributed by atoms with E-state index in [1.165, 1.54) is 0 Å². The maximum Gasteiger partial charge on any atom is 0.0852 e. The lowest BCUT2D eigenvalue weighted by Gasteiger charge is -2.16. The summed E-state index contributed by atoms with van der Waals surface area (Å²) in [6, 6.07) is 0. The van der Waals surface area contributed by atoms with Gasteiger partial charge in [-0.2, -0.15) is 15.0 Å². The Hall–Kier alpha value is -0.860. The first-order valence-corrected chi connectivity index (χ1v) is 4.34. The summed E-state index contributed by atoms with van der Waals surface area (Å²) in [7, 11) is 0. The standard InChI is InChI=1S/C9H17N3/c1-7(2)8-6-10-12(11-8)9(3,4)5/h6-7H,1-5H3. The topological polar surface area (TPSA) is 30.7 Å². The fourth-order valence-corrected chi connectivity index (χ4v) is 0.863. The highest BCUT2D eigenvalue weighted by atomic mass is 15.5. The molecule has 3 heteroatoms. The molecular formula is C9H17N3. The molecule has 1 heterocycles. The average molecular weight is 167 g/mol. The minimum absolute atomic E-state index is 0.00681. The van der Waals surface area contributed by atoms with E-state index < -0.39 is 0 Å². The lowest BCUT2D eigenvalue weighted by atomic mass is 10.1. The molecule has 1 rings (SSSR count). The highest BCUT2D eigenvalue weighted by molar-refractivity contribution is 4.98. The maximum atomic E-state index is 4.39. The van der Waals surface area contributed by atoms with Crippen LogP contribution in [0.5, 0.6) is 0 Å². The first-order valence-electron chi connectivity index (χ1n) is 4.34. The second-order valence-corrected chi connectivity index (χ2v) is 4.38.